The summed E-state index contributed by atoms with van der Waals surface area (Å²) in [6.07, 6.45) is 1.64. The van der Waals surface area contributed by atoms with Crippen molar-refractivity contribution >= 4 is 17.7 Å². The Kier molecular flexibility index (Phi) is 2.44. The minimum absolute atomic E-state index is 0.123. The summed E-state index contributed by atoms with van der Waals surface area (Å²) in [6, 6.07) is 3.64. The minimum atomic E-state index is -3.17. The predicted molar refractivity (Wildman–Crippen MR) is 99.6 cm³/mol. The number of hydrogen-bond donors (Lipinski definition) is 0. The van der Waals surface area contributed by atoms with Crippen molar-refractivity contribution in [3.63, 3.8) is 0 Å². The van der Waals surface area contributed by atoms with Crippen LogP contribution in [0.25, 0.3) is 11.3 Å². The van der Waals surface area contributed by atoms with Crippen LogP contribution in [-0.4, -0.2) is 13.3 Å². The van der Waals surface area contributed by atoms with E-state index in [1.165, 1.54) is 12.1 Å². The molecule has 23 heavy (non-hydrogen) atoms. The zero-order valence-corrected chi connectivity index (χ0v) is 16.2. The average molecular weight is 385 g/mol. The van der Waals surface area contributed by atoms with Gasteiger partial charge in [0, 0.05) is 0 Å². The Bertz CT molecular complexity index is 1050. The van der Waals surface area contributed by atoms with Crippen LogP contribution >= 0.6 is 0 Å². The van der Waals surface area contributed by atoms with Crippen LogP contribution in [0.3, 0.4) is 0 Å². The summed E-state index contributed by atoms with van der Waals surface area (Å²) in [4.78, 5) is 0. The molecule has 1 nitrogen and oxygen atoms in total. The second-order valence-electron chi connectivity index (χ2n) is 6.87. The normalized spacial score (nSPS) is 20.6. The van der Waals surface area contributed by atoms with Crippen molar-refractivity contribution in [2.45, 2.75) is 50.6 Å². The van der Waals surface area contributed by atoms with Gasteiger partial charge in [-0.05, 0) is 0 Å². The zero-order chi connectivity index (χ0) is 25.9. The third-order valence-electron chi connectivity index (χ3n) is 3.94. The van der Waals surface area contributed by atoms with Crippen molar-refractivity contribution in [1.29, 1.82) is 0 Å². The monoisotopic (exact) mass is 386 g/mol. The molecule has 0 N–H and O–H groups in total. The number of pyridine rings is 1. The summed E-state index contributed by atoms with van der Waals surface area (Å²) in [6.45, 7) is -7.47. The van der Waals surface area contributed by atoms with E-state index in [1.54, 1.807) is 24.7 Å². The van der Waals surface area contributed by atoms with Gasteiger partial charge in [-0.2, -0.15) is 0 Å². The van der Waals surface area contributed by atoms with E-state index in [-0.39, 0.29) is 5.56 Å². The summed E-state index contributed by atoms with van der Waals surface area (Å²) in [5.74, 6) is 2.10. The topological polar surface area (TPSA) is 3.88 Å². The number of benzene rings is 1. The van der Waals surface area contributed by atoms with Crippen LogP contribution in [0.2, 0.25) is 17.3 Å². The SMILES string of the molecule is [2H]C([2H])([2H])c1cc(-c2cc(C([2H])(C([2H])([2H])[2H])C([2H])([2H])[2H])[c]([Ge]([CH3])([CH3])[CH3])c[n+]2C)c(C)cc1F. The van der Waals surface area contributed by atoms with E-state index in [0.29, 0.717) is 21.2 Å². The molecule has 1 heterocycles. The van der Waals surface area contributed by atoms with Crippen LogP contribution in [0, 0.1) is 19.6 Å². The van der Waals surface area contributed by atoms with Gasteiger partial charge in [-0.25, -0.2) is 0 Å². The molecule has 3 heteroatoms. The molecule has 124 valence electrons. The first kappa shape index (κ1) is 8.80. The number of aromatic nitrogens is 1. The van der Waals surface area contributed by atoms with Crippen molar-refractivity contribution in [1.82, 2.24) is 0 Å². The van der Waals surface area contributed by atoms with Gasteiger partial charge in [0.2, 0.25) is 0 Å². The first-order valence-corrected chi connectivity index (χ1v) is 14.7. The fourth-order valence-electron chi connectivity index (χ4n) is 2.67. The summed E-state index contributed by atoms with van der Waals surface area (Å²) in [5.41, 5.74) is 0.393. The molecular formula is C20H29FGeN+. The van der Waals surface area contributed by atoms with Crippen LogP contribution in [-0.2, 0) is 7.05 Å². The van der Waals surface area contributed by atoms with E-state index in [0.717, 1.165) is 6.07 Å². The van der Waals surface area contributed by atoms with Gasteiger partial charge in [0.15, 0.2) is 0 Å². The Balaban J connectivity index is 3.06. The third kappa shape index (κ3) is 3.68. The number of nitrogens with zero attached hydrogens (tertiary/aromatic N) is 1. The molecule has 1 aromatic heterocycles. The molecule has 0 saturated carbocycles. The Labute approximate surface area is 157 Å². The molecule has 1 aromatic carbocycles. The third-order valence-corrected chi connectivity index (χ3v) is 8.17. The van der Waals surface area contributed by atoms with Gasteiger partial charge >= 0.3 is 156 Å². The van der Waals surface area contributed by atoms with Crippen molar-refractivity contribution < 1.29 is 22.7 Å². The second kappa shape index (κ2) is 6.39. The number of rotatable bonds is 3. The van der Waals surface area contributed by atoms with Crippen molar-refractivity contribution in [3.05, 3.63) is 46.9 Å². The molecule has 0 amide bonds. The summed E-state index contributed by atoms with van der Waals surface area (Å²) in [5, 5.41) is 0. The molecule has 2 aromatic rings. The number of aryl methyl sites for hydroxylation is 3. The van der Waals surface area contributed by atoms with E-state index < -0.39 is 51.1 Å². The summed E-state index contributed by atoms with van der Waals surface area (Å²) >= 11 is -2.93. The van der Waals surface area contributed by atoms with E-state index in [2.05, 4.69) is 0 Å². The molecule has 0 spiro atoms. The summed E-state index contributed by atoms with van der Waals surface area (Å²) in [7, 11) is 1.67. The standard InChI is InChI=1S/C20H29FGeN/c1-13(2)16-11-20(23(8)12-19(16)22(5,6)7)17-9-15(4)18(21)10-14(17)3/h9-13H,1-8H3/q+1/i1D3,2D3,4D3,13D. The molecule has 2 rings (SSSR count). The molecular weight excluding hydrogens is 346 g/mol. The second-order valence-corrected chi connectivity index (χ2v) is 17.4. The first-order valence-electron chi connectivity index (χ1n) is 12.4. The van der Waals surface area contributed by atoms with Crippen LogP contribution in [0.15, 0.2) is 24.4 Å². The maximum absolute atomic E-state index is 14.4. The molecule has 0 radical (unpaired) electrons. The van der Waals surface area contributed by atoms with Crippen molar-refractivity contribution in [2.75, 3.05) is 0 Å². The Morgan fingerprint density at radius 1 is 1.17 bits per heavy atom. The van der Waals surface area contributed by atoms with Crippen LogP contribution in [0.4, 0.5) is 4.39 Å². The van der Waals surface area contributed by atoms with Crippen LogP contribution in [0.5, 0.6) is 0 Å². The van der Waals surface area contributed by atoms with E-state index >= 15 is 0 Å². The van der Waals surface area contributed by atoms with Crippen molar-refractivity contribution in [3.8, 4) is 11.3 Å². The van der Waals surface area contributed by atoms with Gasteiger partial charge < -0.3 is 0 Å². The fourth-order valence-corrected chi connectivity index (χ4v) is 6.00. The van der Waals surface area contributed by atoms with E-state index in [1.807, 2.05) is 17.3 Å². The van der Waals surface area contributed by atoms with Crippen LogP contribution < -0.4 is 8.96 Å². The Hall–Kier alpha value is -1.16. The maximum atomic E-state index is 14.4. The predicted octanol–water partition coefficient (Wildman–Crippen LogP) is 4.60. The molecule has 0 atom stereocenters. The molecule has 0 fully saturated rings. The average Bonchev–Trinajstić information content (AvgIpc) is 2.57. The number of hydrogen-bond acceptors (Lipinski definition) is 0. The molecule has 0 unspecified atom stereocenters. The van der Waals surface area contributed by atoms with Gasteiger partial charge in [0.1, 0.15) is 0 Å². The van der Waals surface area contributed by atoms with E-state index in [4.69, 9.17) is 13.7 Å². The quantitative estimate of drug-likeness (QED) is 0.537. The Morgan fingerprint density at radius 3 is 2.43 bits per heavy atom. The molecule has 0 aliphatic heterocycles. The van der Waals surface area contributed by atoms with Gasteiger partial charge in [-0.15, -0.1) is 0 Å². The molecule has 0 aliphatic rings. The molecule has 0 aliphatic carbocycles. The number of halogens is 1. The van der Waals surface area contributed by atoms with Gasteiger partial charge in [0.05, 0.1) is 0 Å². The van der Waals surface area contributed by atoms with Gasteiger partial charge in [-0.3, -0.25) is 0 Å². The van der Waals surface area contributed by atoms with Gasteiger partial charge in [-0.1, -0.05) is 0 Å². The fraction of sp³-hybridized carbons (Fsp3) is 0.450. The van der Waals surface area contributed by atoms with E-state index in [9.17, 15) is 4.39 Å². The van der Waals surface area contributed by atoms with Crippen LogP contribution in [0.1, 0.15) is 50.0 Å². The first-order chi connectivity index (χ1) is 14.5. The summed E-state index contributed by atoms with van der Waals surface area (Å²) < 4.78 is 96.1. The molecule has 0 saturated heterocycles. The van der Waals surface area contributed by atoms with Crippen molar-refractivity contribution in [2.24, 2.45) is 7.05 Å². The van der Waals surface area contributed by atoms with Gasteiger partial charge in [0.25, 0.3) is 0 Å². The Morgan fingerprint density at radius 2 is 1.87 bits per heavy atom. The molecule has 0 bridgehead atoms. The zero-order valence-electron chi connectivity index (χ0n) is 24.1.